The van der Waals surface area contributed by atoms with E-state index in [1.54, 1.807) is 18.6 Å². The Labute approximate surface area is 201 Å². The lowest BCUT2D eigenvalue weighted by Crippen LogP contribution is -2.22. The number of aryl methyl sites for hydroxylation is 1. The van der Waals surface area contributed by atoms with Gasteiger partial charge in [0.05, 0.1) is 24.3 Å². The summed E-state index contributed by atoms with van der Waals surface area (Å²) in [7, 11) is -1.09. The zero-order valence-corrected chi connectivity index (χ0v) is 21.5. The number of nitrogens with one attached hydrogen (secondary N) is 1. The first-order chi connectivity index (χ1) is 16.3. The Morgan fingerprint density at radius 2 is 1.79 bits per heavy atom. The molecule has 0 fully saturated rings. The number of nitrogens with zero attached hydrogens (tertiary/aromatic N) is 5. The standard InChI is InChI=1S/C25H32N6O2Si/c1-18-21(13-29-31(18)17-32-10-11-34(3,4)5)16-33-23-6-7-24-20(12-23)8-9-26-25(24)30-22-14-27-19(2)28-15-22/h6-9,12-15H,10-11,16-17H2,1-5H3,(H,26,30). The second-order valence-electron chi connectivity index (χ2n) is 9.58. The van der Waals surface area contributed by atoms with E-state index < -0.39 is 8.07 Å². The average molecular weight is 477 g/mol. The molecular formula is C25H32N6O2Si. The van der Waals surface area contributed by atoms with E-state index in [1.807, 2.05) is 49.0 Å². The Hall–Kier alpha value is -3.30. The van der Waals surface area contributed by atoms with Crippen molar-refractivity contribution < 1.29 is 9.47 Å². The summed E-state index contributed by atoms with van der Waals surface area (Å²) in [6, 6.07) is 9.11. The van der Waals surface area contributed by atoms with Crippen LogP contribution in [0.2, 0.25) is 25.7 Å². The molecule has 9 heteroatoms. The van der Waals surface area contributed by atoms with E-state index in [4.69, 9.17) is 9.47 Å². The summed E-state index contributed by atoms with van der Waals surface area (Å²) in [5.74, 6) is 2.28. The normalized spacial score (nSPS) is 11.7. The highest BCUT2D eigenvalue weighted by Crippen LogP contribution is 2.28. The monoisotopic (exact) mass is 476 g/mol. The van der Waals surface area contributed by atoms with Crippen molar-refractivity contribution in [3.63, 3.8) is 0 Å². The number of ether oxygens (including phenoxy) is 2. The zero-order valence-electron chi connectivity index (χ0n) is 20.5. The number of fused-ring (bicyclic) bond motifs is 1. The molecule has 0 radical (unpaired) electrons. The molecule has 34 heavy (non-hydrogen) atoms. The molecule has 0 amide bonds. The lowest BCUT2D eigenvalue weighted by atomic mass is 10.1. The molecule has 0 spiro atoms. The van der Waals surface area contributed by atoms with Gasteiger partial charge in [0.25, 0.3) is 0 Å². The van der Waals surface area contributed by atoms with Gasteiger partial charge < -0.3 is 14.8 Å². The smallest absolute Gasteiger partial charge is 0.139 e. The van der Waals surface area contributed by atoms with Crippen LogP contribution in [0, 0.1) is 13.8 Å². The third kappa shape index (κ3) is 6.18. The van der Waals surface area contributed by atoms with E-state index in [-0.39, 0.29) is 0 Å². The summed E-state index contributed by atoms with van der Waals surface area (Å²) in [6.07, 6.45) is 7.13. The second-order valence-corrected chi connectivity index (χ2v) is 15.2. The number of hydrogen-bond acceptors (Lipinski definition) is 7. The van der Waals surface area contributed by atoms with E-state index in [9.17, 15) is 0 Å². The van der Waals surface area contributed by atoms with E-state index >= 15 is 0 Å². The molecule has 4 aromatic rings. The van der Waals surface area contributed by atoms with Gasteiger partial charge in [-0.15, -0.1) is 0 Å². The molecule has 0 saturated heterocycles. The molecule has 1 aromatic carbocycles. The zero-order chi connectivity index (χ0) is 24.1. The minimum Gasteiger partial charge on any atom is -0.489 e. The Balaban J connectivity index is 1.38. The van der Waals surface area contributed by atoms with Crippen LogP contribution in [0.15, 0.2) is 49.1 Å². The molecule has 4 rings (SSSR count). The molecule has 8 nitrogen and oxygen atoms in total. The second kappa shape index (κ2) is 10.3. The predicted molar refractivity (Wildman–Crippen MR) is 137 cm³/mol. The van der Waals surface area contributed by atoms with Gasteiger partial charge in [0, 0.05) is 37.5 Å². The van der Waals surface area contributed by atoms with Gasteiger partial charge in [0.1, 0.15) is 30.7 Å². The maximum Gasteiger partial charge on any atom is 0.139 e. The number of hydrogen-bond donors (Lipinski definition) is 1. The fraction of sp³-hybridized carbons (Fsp3) is 0.360. The maximum atomic E-state index is 6.09. The fourth-order valence-electron chi connectivity index (χ4n) is 3.39. The number of pyridine rings is 1. The third-order valence-corrected chi connectivity index (χ3v) is 7.29. The van der Waals surface area contributed by atoms with Crippen LogP contribution in [0.25, 0.3) is 10.8 Å². The Kier molecular flexibility index (Phi) is 7.23. The first-order valence-electron chi connectivity index (χ1n) is 11.4. The van der Waals surface area contributed by atoms with Crippen molar-refractivity contribution in [3.05, 3.63) is 66.1 Å². The fourth-order valence-corrected chi connectivity index (χ4v) is 4.14. The lowest BCUT2D eigenvalue weighted by molar-refractivity contribution is 0.0770. The summed E-state index contributed by atoms with van der Waals surface area (Å²) >= 11 is 0. The van der Waals surface area contributed by atoms with E-state index in [1.165, 1.54) is 0 Å². The van der Waals surface area contributed by atoms with Crippen LogP contribution in [0.5, 0.6) is 5.75 Å². The Morgan fingerprint density at radius 3 is 2.56 bits per heavy atom. The minimum absolute atomic E-state index is 0.448. The van der Waals surface area contributed by atoms with Crippen LogP contribution in [-0.4, -0.2) is 39.4 Å². The Morgan fingerprint density at radius 1 is 1.00 bits per heavy atom. The quantitative estimate of drug-likeness (QED) is 0.240. The van der Waals surface area contributed by atoms with Crippen molar-refractivity contribution >= 4 is 30.4 Å². The number of anilines is 2. The van der Waals surface area contributed by atoms with Crippen molar-refractivity contribution in [2.45, 2.75) is 52.9 Å². The lowest BCUT2D eigenvalue weighted by Gasteiger charge is -2.15. The van der Waals surface area contributed by atoms with Gasteiger partial charge in [-0.05, 0) is 49.5 Å². The van der Waals surface area contributed by atoms with Gasteiger partial charge in [-0.2, -0.15) is 5.10 Å². The van der Waals surface area contributed by atoms with Gasteiger partial charge in [-0.1, -0.05) is 19.6 Å². The Bertz CT molecular complexity index is 1250. The predicted octanol–water partition coefficient (Wildman–Crippen LogP) is 5.47. The molecule has 0 aliphatic carbocycles. The number of aromatic nitrogens is 5. The van der Waals surface area contributed by atoms with Crippen molar-refractivity contribution in [2.75, 3.05) is 11.9 Å². The molecule has 0 unspecified atom stereocenters. The number of rotatable bonds is 10. The van der Waals surface area contributed by atoms with Crippen LogP contribution in [0.1, 0.15) is 17.1 Å². The van der Waals surface area contributed by atoms with Gasteiger partial charge in [0.15, 0.2) is 0 Å². The average Bonchev–Trinajstić information content (AvgIpc) is 3.15. The topological polar surface area (TPSA) is 87.0 Å². The molecule has 0 atom stereocenters. The summed E-state index contributed by atoms with van der Waals surface area (Å²) in [4.78, 5) is 12.9. The molecule has 0 saturated carbocycles. The van der Waals surface area contributed by atoms with E-state index in [2.05, 4.69) is 45.0 Å². The summed E-state index contributed by atoms with van der Waals surface area (Å²) in [5, 5.41) is 9.79. The van der Waals surface area contributed by atoms with Gasteiger partial charge in [0.2, 0.25) is 0 Å². The third-order valence-electron chi connectivity index (χ3n) is 5.59. The number of benzene rings is 1. The van der Waals surface area contributed by atoms with Crippen LogP contribution in [-0.2, 0) is 18.1 Å². The van der Waals surface area contributed by atoms with E-state index in [0.29, 0.717) is 13.3 Å². The summed E-state index contributed by atoms with van der Waals surface area (Å²) < 4.78 is 13.8. The highest BCUT2D eigenvalue weighted by molar-refractivity contribution is 6.76. The van der Waals surface area contributed by atoms with E-state index in [0.717, 1.165) is 57.8 Å². The van der Waals surface area contributed by atoms with Crippen molar-refractivity contribution in [1.82, 2.24) is 24.7 Å². The van der Waals surface area contributed by atoms with Crippen molar-refractivity contribution in [1.29, 1.82) is 0 Å². The first-order valence-corrected chi connectivity index (χ1v) is 15.2. The molecular weight excluding hydrogens is 444 g/mol. The molecule has 1 N–H and O–H groups in total. The highest BCUT2D eigenvalue weighted by atomic mass is 28.3. The SMILES string of the molecule is Cc1ncc(Nc2nccc3cc(OCc4cnn(COCC[Si](C)(C)C)c4C)ccc23)cn1. The van der Waals surface area contributed by atoms with Crippen molar-refractivity contribution in [2.24, 2.45) is 0 Å². The van der Waals surface area contributed by atoms with Crippen LogP contribution in [0.4, 0.5) is 11.5 Å². The summed E-state index contributed by atoms with van der Waals surface area (Å²) in [6.45, 7) is 12.7. The molecule has 3 aromatic heterocycles. The highest BCUT2D eigenvalue weighted by Gasteiger charge is 2.13. The van der Waals surface area contributed by atoms with Crippen LogP contribution in [0.3, 0.4) is 0 Å². The van der Waals surface area contributed by atoms with Gasteiger partial charge in [-0.25, -0.2) is 19.6 Å². The first kappa shape index (κ1) is 23.8. The molecule has 178 valence electrons. The van der Waals surface area contributed by atoms with Gasteiger partial charge >= 0.3 is 0 Å². The van der Waals surface area contributed by atoms with Crippen LogP contribution < -0.4 is 10.1 Å². The van der Waals surface area contributed by atoms with Crippen LogP contribution >= 0.6 is 0 Å². The van der Waals surface area contributed by atoms with Crippen molar-refractivity contribution in [3.8, 4) is 5.75 Å². The van der Waals surface area contributed by atoms with Gasteiger partial charge in [-0.3, -0.25) is 0 Å². The molecule has 0 bridgehead atoms. The minimum atomic E-state index is -1.09. The molecule has 0 aliphatic heterocycles. The summed E-state index contributed by atoms with van der Waals surface area (Å²) in [5.41, 5.74) is 2.90. The maximum absolute atomic E-state index is 6.09. The molecule has 3 heterocycles. The largest absolute Gasteiger partial charge is 0.489 e. The molecule has 0 aliphatic rings.